The van der Waals surface area contributed by atoms with Crippen LogP contribution >= 0.6 is 0 Å². The van der Waals surface area contributed by atoms with Gasteiger partial charge in [-0.15, -0.1) is 0 Å². The maximum atomic E-state index is 11.5. The van der Waals surface area contributed by atoms with Crippen LogP contribution in [-0.2, 0) is 19.1 Å². The molecule has 0 aromatic carbocycles. The van der Waals surface area contributed by atoms with Crippen LogP contribution in [0.1, 0.15) is 0 Å². The van der Waals surface area contributed by atoms with Crippen LogP contribution in [0, 0.1) is 11.8 Å². The molecule has 1 unspecified atom stereocenters. The van der Waals surface area contributed by atoms with E-state index in [1.54, 1.807) is 6.08 Å². The molecule has 6 heteroatoms. The SMILES string of the molecule is NC(=O)C1=C[C@H]2C3C=C[C@@]2(O)C(=O)O[C@H]3O1. The molecule has 84 valence electrons. The normalized spacial score (nSPS) is 43.4. The molecule has 16 heavy (non-hydrogen) atoms. The second kappa shape index (κ2) is 2.65. The summed E-state index contributed by atoms with van der Waals surface area (Å²) in [6.07, 6.45) is 3.57. The van der Waals surface area contributed by atoms with Crippen LogP contribution < -0.4 is 5.73 Å². The van der Waals surface area contributed by atoms with Gasteiger partial charge in [0.05, 0.1) is 5.92 Å². The van der Waals surface area contributed by atoms with Gasteiger partial charge in [0.1, 0.15) is 0 Å². The van der Waals surface area contributed by atoms with Crippen molar-refractivity contribution in [2.75, 3.05) is 0 Å². The lowest BCUT2D eigenvalue weighted by atomic mass is 9.80. The second-order valence-electron chi connectivity index (χ2n) is 4.07. The van der Waals surface area contributed by atoms with Gasteiger partial charge in [-0.25, -0.2) is 4.79 Å². The number of carbonyl (C=O) groups is 2. The lowest BCUT2D eigenvalue weighted by molar-refractivity contribution is -0.224. The molecule has 0 aromatic heterocycles. The van der Waals surface area contributed by atoms with Gasteiger partial charge in [0.2, 0.25) is 0 Å². The number of hydrogen-bond acceptors (Lipinski definition) is 5. The van der Waals surface area contributed by atoms with Crippen molar-refractivity contribution in [1.82, 2.24) is 0 Å². The van der Waals surface area contributed by atoms with Crippen LogP contribution in [0.4, 0.5) is 0 Å². The molecule has 3 aliphatic rings. The van der Waals surface area contributed by atoms with E-state index in [-0.39, 0.29) is 11.7 Å². The highest BCUT2D eigenvalue weighted by molar-refractivity contribution is 5.91. The molecule has 6 nitrogen and oxygen atoms in total. The van der Waals surface area contributed by atoms with Crippen molar-refractivity contribution in [2.24, 2.45) is 17.6 Å². The van der Waals surface area contributed by atoms with Gasteiger partial charge >= 0.3 is 5.97 Å². The molecule has 0 saturated carbocycles. The van der Waals surface area contributed by atoms with E-state index in [4.69, 9.17) is 15.2 Å². The summed E-state index contributed by atoms with van der Waals surface area (Å²) < 4.78 is 10.1. The highest BCUT2D eigenvalue weighted by atomic mass is 16.7. The molecule has 1 aliphatic carbocycles. The Morgan fingerprint density at radius 2 is 2.25 bits per heavy atom. The molecule has 3 N–H and O–H groups in total. The Morgan fingerprint density at radius 3 is 2.94 bits per heavy atom. The van der Waals surface area contributed by atoms with E-state index < -0.39 is 29.7 Å². The van der Waals surface area contributed by atoms with Crippen molar-refractivity contribution in [2.45, 2.75) is 11.9 Å². The van der Waals surface area contributed by atoms with Crippen LogP contribution in [0.5, 0.6) is 0 Å². The average Bonchev–Trinajstić information content (AvgIpc) is 2.50. The van der Waals surface area contributed by atoms with E-state index in [1.807, 2.05) is 0 Å². The molecule has 4 bridgehead atoms. The molecule has 0 radical (unpaired) electrons. The molecule has 3 rings (SSSR count). The van der Waals surface area contributed by atoms with Gasteiger partial charge in [0.15, 0.2) is 11.4 Å². The van der Waals surface area contributed by atoms with Crippen molar-refractivity contribution in [1.29, 1.82) is 0 Å². The van der Waals surface area contributed by atoms with Crippen LogP contribution in [-0.4, -0.2) is 28.9 Å². The predicted octanol–water partition coefficient (Wildman–Crippen LogP) is -1.20. The first-order chi connectivity index (χ1) is 7.52. The van der Waals surface area contributed by atoms with Crippen molar-refractivity contribution in [3.63, 3.8) is 0 Å². The van der Waals surface area contributed by atoms with Crippen molar-refractivity contribution < 1.29 is 24.2 Å². The van der Waals surface area contributed by atoms with E-state index >= 15 is 0 Å². The number of nitrogens with two attached hydrogens (primary N) is 1. The number of amides is 1. The molecule has 4 atom stereocenters. The summed E-state index contributed by atoms with van der Waals surface area (Å²) in [5.74, 6) is -2.36. The highest BCUT2D eigenvalue weighted by Crippen LogP contribution is 2.47. The molecule has 0 aromatic rings. The second-order valence-corrected chi connectivity index (χ2v) is 4.07. The fourth-order valence-corrected chi connectivity index (χ4v) is 2.33. The van der Waals surface area contributed by atoms with E-state index in [9.17, 15) is 14.7 Å². The largest absolute Gasteiger partial charge is 0.449 e. The summed E-state index contributed by atoms with van der Waals surface area (Å²) in [6, 6.07) is 0. The van der Waals surface area contributed by atoms with E-state index in [2.05, 4.69) is 0 Å². The van der Waals surface area contributed by atoms with E-state index in [0.717, 1.165) is 0 Å². The average molecular weight is 223 g/mol. The number of aliphatic hydroxyl groups is 1. The zero-order chi connectivity index (χ0) is 11.5. The zero-order valence-electron chi connectivity index (χ0n) is 8.12. The fourth-order valence-electron chi connectivity index (χ4n) is 2.33. The smallest absolute Gasteiger partial charge is 0.345 e. The zero-order valence-corrected chi connectivity index (χ0v) is 8.12. The van der Waals surface area contributed by atoms with Crippen LogP contribution in [0.2, 0.25) is 0 Å². The maximum absolute atomic E-state index is 11.5. The molecule has 0 spiro atoms. The number of hydrogen-bond donors (Lipinski definition) is 2. The first-order valence-electron chi connectivity index (χ1n) is 4.83. The summed E-state index contributed by atoms with van der Waals surface area (Å²) in [5, 5.41) is 10.1. The molecular formula is C10H9NO5. The van der Waals surface area contributed by atoms with Gasteiger partial charge in [-0.2, -0.15) is 0 Å². The fraction of sp³-hybridized carbons (Fsp3) is 0.400. The first kappa shape index (κ1) is 9.41. The van der Waals surface area contributed by atoms with Crippen molar-refractivity contribution in [3.8, 4) is 0 Å². The summed E-state index contributed by atoms with van der Waals surface area (Å²) in [7, 11) is 0. The number of carbonyl (C=O) groups excluding carboxylic acids is 2. The minimum atomic E-state index is -1.69. The minimum absolute atomic E-state index is 0.0686. The summed E-state index contributed by atoms with van der Waals surface area (Å²) in [5.41, 5.74) is 3.40. The third kappa shape index (κ3) is 0.943. The summed E-state index contributed by atoms with van der Waals surface area (Å²) in [6.45, 7) is 0. The Hall–Kier alpha value is -1.82. The third-order valence-corrected chi connectivity index (χ3v) is 3.18. The molecule has 2 aliphatic heterocycles. The third-order valence-electron chi connectivity index (χ3n) is 3.18. The molecule has 1 fully saturated rings. The highest BCUT2D eigenvalue weighted by Gasteiger charge is 2.59. The number of primary amides is 1. The maximum Gasteiger partial charge on any atom is 0.345 e. The molecule has 1 amide bonds. The lowest BCUT2D eigenvalue weighted by Gasteiger charge is -2.41. The predicted molar refractivity (Wildman–Crippen MR) is 49.3 cm³/mol. The quantitative estimate of drug-likeness (QED) is 0.430. The number of rotatable bonds is 1. The summed E-state index contributed by atoms with van der Waals surface area (Å²) >= 11 is 0. The minimum Gasteiger partial charge on any atom is -0.449 e. The van der Waals surface area contributed by atoms with Crippen LogP contribution in [0.3, 0.4) is 0 Å². The summed E-state index contributed by atoms with van der Waals surface area (Å²) in [4.78, 5) is 22.5. The van der Waals surface area contributed by atoms with E-state index in [0.29, 0.717) is 0 Å². The standard InChI is InChI=1S/C10H9NO5/c11-7(12)6-3-5-4-1-2-10(5,14)9(13)16-8(4)15-6/h1-5,8,14H,(H2,11,12)/t4?,5-,8+,10-/m0/s1. The lowest BCUT2D eigenvalue weighted by Crippen LogP contribution is -2.55. The Labute approximate surface area is 90.3 Å². The Morgan fingerprint density at radius 1 is 1.50 bits per heavy atom. The number of esters is 1. The van der Waals surface area contributed by atoms with Gasteiger partial charge in [-0.05, 0) is 12.2 Å². The molecular weight excluding hydrogens is 214 g/mol. The Balaban J connectivity index is 2.09. The number of ether oxygens (including phenoxy) is 2. The van der Waals surface area contributed by atoms with Gasteiger partial charge < -0.3 is 20.3 Å². The first-order valence-corrected chi connectivity index (χ1v) is 4.83. The Bertz CT molecular complexity index is 454. The topological polar surface area (TPSA) is 98.9 Å². The molecule has 2 heterocycles. The van der Waals surface area contributed by atoms with Crippen molar-refractivity contribution in [3.05, 3.63) is 24.0 Å². The Kier molecular flexibility index (Phi) is 1.56. The van der Waals surface area contributed by atoms with Gasteiger partial charge in [-0.1, -0.05) is 6.08 Å². The van der Waals surface area contributed by atoms with Crippen LogP contribution in [0.15, 0.2) is 24.0 Å². The van der Waals surface area contributed by atoms with Crippen molar-refractivity contribution >= 4 is 11.9 Å². The van der Waals surface area contributed by atoms with Crippen LogP contribution in [0.25, 0.3) is 0 Å². The van der Waals surface area contributed by atoms with E-state index in [1.165, 1.54) is 12.2 Å². The molecule has 1 saturated heterocycles. The monoisotopic (exact) mass is 223 g/mol. The van der Waals surface area contributed by atoms with Gasteiger partial charge in [-0.3, -0.25) is 4.79 Å². The van der Waals surface area contributed by atoms with Gasteiger partial charge in [0.25, 0.3) is 12.2 Å². The van der Waals surface area contributed by atoms with Gasteiger partial charge in [0, 0.05) is 5.92 Å².